The molecule has 0 aliphatic carbocycles. The Balaban J connectivity index is 2.54. The van der Waals surface area contributed by atoms with Crippen molar-refractivity contribution >= 4 is 15.9 Å². The summed E-state index contributed by atoms with van der Waals surface area (Å²) in [6.07, 6.45) is 0. The van der Waals surface area contributed by atoms with Crippen molar-refractivity contribution in [3.63, 3.8) is 0 Å². The minimum absolute atomic E-state index is 0.175. The number of halogens is 4. The topological polar surface area (TPSA) is 12.0 Å². The third kappa shape index (κ3) is 3.22. The van der Waals surface area contributed by atoms with Crippen LogP contribution >= 0.6 is 15.9 Å². The Labute approximate surface area is 123 Å². The minimum atomic E-state index is -0.923. The molecule has 106 valence electrons. The summed E-state index contributed by atoms with van der Waals surface area (Å²) in [5, 5.41) is 3.02. The normalized spacial score (nSPS) is 12.4. The molecule has 5 heteroatoms. The van der Waals surface area contributed by atoms with Crippen LogP contribution < -0.4 is 5.32 Å². The lowest BCUT2D eigenvalue weighted by Crippen LogP contribution is -2.24. The number of hydrogen-bond donors (Lipinski definition) is 1. The molecule has 0 aromatic heterocycles. The van der Waals surface area contributed by atoms with E-state index in [4.69, 9.17) is 0 Å². The molecule has 1 atom stereocenters. The molecule has 0 fully saturated rings. The summed E-state index contributed by atoms with van der Waals surface area (Å²) in [7, 11) is 0. The van der Waals surface area contributed by atoms with Gasteiger partial charge in [-0.15, -0.1) is 0 Å². The van der Waals surface area contributed by atoms with Crippen LogP contribution in [-0.2, 0) is 0 Å². The van der Waals surface area contributed by atoms with Crippen LogP contribution in [-0.4, -0.2) is 6.54 Å². The van der Waals surface area contributed by atoms with Gasteiger partial charge in [0.05, 0.1) is 6.04 Å². The smallest absolute Gasteiger partial charge is 0.134 e. The first-order valence-electron chi connectivity index (χ1n) is 6.16. The van der Waals surface area contributed by atoms with E-state index >= 15 is 0 Å². The van der Waals surface area contributed by atoms with E-state index in [9.17, 15) is 13.2 Å². The van der Waals surface area contributed by atoms with Crippen LogP contribution in [0.5, 0.6) is 0 Å². The van der Waals surface area contributed by atoms with Gasteiger partial charge in [0.2, 0.25) is 0 Å². The molecule has 1 nitrogen and oxygen atoms in total. The summed E-state index contributed by atoms with van der Waals surface area (Å²) in [5.74, 6) is -2.71. The Morgan fingerprint density at radius 1 is 1.10 bits per heavy atom. The summed E-state index contributed by atoms with van der Waals surface area (Å²) in [6, 6.07) is 7.86. The average Bonchev–Trinajstić information content (AvgIpc) is 2.36. The van der Waals surface area contributed by atoms with Crippen molar-refractivity contribution in [2.24, 2.45) is 0 Å². The lowest BCUT2D eigenvalue weighted by molar-refractivity contribution is 0.492. The Morgan fingerprint density at radius 2 is 1.75 bits per heavy atom. The van der Waals surface area contributed by atoms with Crippen molar-refractivity contribution in [1.82, 2.24) is 5.32 Å². The van der Waals surface area contributed by atoms with Crippen LogP contribution in [0.4, 0.5) is 13.2 Å². The first kappa shape index (κ1) is 15.1. The van der Waals surface area contributed by atoms with Gasteiger partial charge >= 0.3 is 0 Å². The van der Waals surface area contributed by atoms with Crippen molar-refractivity contribution in [2.75, 3.05) is 6.54 Å². The molecule has 2 rings (SSSR count). The molecule has 0 aliphatic heterocycles. The average molecular weight is 344 g/mol. The van der Waals surface area contributed by atoms with E-state index in [0.717, 1.165) is 4.47 Å². The van der Waals surface area contributed by atoms with Gasteiger partial charge in [0.15, 0.2) is 0 Å². The van der Waals surface area contributed by atoms with Crippen LogP contribution in [0.2, 0.25) is 0 Å². The van der Waals surface area contributed by atoms with Gasteiger partial charge in [-0.2, -0.15) is 0 Å². The molecule has 0 radical (unpaired) electrons. The number of benzene rings is 2. The van der Waals surface area contributed by atoms with Gasteiger partial charge in [-0.25, -0.2) is 13.2 Å². The highest BCUT2D eigenvalue weighted by molar-refractivity contribution is 9.10. The number of hydrogen-bond acceptors (Lipinski definition) is 1. The van der Waals surface area contributed by atoms with E-state index in [-0.39, 0.29) is 5.56 Å². The molecular weight excluding hydrogens is 331 g/mol. The van der Waals surface area contributed by atoms with E-state index in [2.05, 4.69) is 21.2 Å². The van der Waals surface area contributed by atoms with Gasteiger partial charge in [-0.05, 0) is 24.2 Å². The summed E-state index contributed by atoms with van der Waals surface area (Å²) in [6.45, 7) is 2.36. The maximum absolute atomic E-state index is 13.9. The molecule has 2 aromatic rings. The molecule has 20 heavy (non-hydrogen) atoms. The maximum atomic E-state index is 13.9. The molecule has 0 amide bonds. The van der Waals surface area contributed by atoms with Crippen LogP contribution in [0.1, 0.15) is 24.1 Å². The Morgan fingerprint density at radius 3 is 2.30 bits per heavy atom. The van der Waals surface area contributed by atoms with Crippen molar-refractivity contribution in [2.45, 2.75) is 13.0 Å². The highest BCUT2D eigenvalue weighted by Gasteiger charge is 2.22. The third-order valence-corrected chi connectivity index (χ3v) is 3.42. The van der Waals surface area contributed by atoms with Gasteiger partial charge < -0.3 is 5.32 Å². The number of rotatable bonds is 4. The van der Waals surface area contributed by atoms with E-state index in [1.165, 1.54) is 0 Å². The monoisotopic (exact) mass is 343 g/mol. The lowest BCUT2D eigenvalue weighted by atomic mass is 9.97. The second-order valence-electron chi connectivity index (χ2n) is 4.33. The summed E-state index contributed by atoms with van der Waals surface area (Å²) in [5.41, 5.74) is 0.525. The van der Waals surface area contributed by atoms with Gasteiger partial charge in [0, 0.05) is 22.2 Å². The van der Waals surface area contributed by atoms with E-state index in [1.54, 1.807) is 18.2 Å². The molecule has 0 saturated heterocycles. The number of nitrogens with one attached hydrogen (secondary N) is 1. The van der Waals surface area contributed by atoms with Gasteiger partial charge in [-0.1, -0.05) is 35.0 Å². The summed E-state index contributed by atoms with van der Waals surface area (Å²) in [4.78, 5) is 0. The van der Waals surface area contributed by atoms with Crippen LogP contribution in [0, 0.1) is 17.5 Å². The highest BCUT2D eigenvalue weighted by atomic mass is 79.9. The second kappa shape index (κ2) is 6.41. The van der Waals surface area contributed by atoms with Crippen molar-refractivity contribution in [3.8, 4) is 0 Å². The third-order valence-electron chi connectivity index (χ3n) is 2.92. The Kier molecular flexibility index (Phi) is 4.83. The molecule has 0 bridgehead atoms. The zero-order valence-corrected chi connectivity index (χ0v) is 12.3. The SMILES string of the molecule is CCNC(c1cccc(Br)c1)c1c(F)cc(F)cc1F. The van der Waals surface area contributed by atoms with Crippen molar-refractivity contribution in [3.05, 3.63) is 69.4 Å². The standard InChI is InChI=1S/C15H13BrF3N/c1-2-20-15(9-4-3-5-10(16)6-9)14-12(18)7-11(17)8-13(14)19/h3-8,15,20H,2H2,1H3. The largest absolute Gasteiger partial charge is 0.306 e. The quantitative estimate of drug-likeness (QED) is 0.857. The predicted molar refractivity (Wildman–Crippen MR) is 76.0 cm³/mol. The first-order chi connectivity index (χ1) is 9.52. The highest BCUT2D eigenvalue weighted by Crippen LogP contribution is 2.29. The van der Waals surface area contributed by atoms with E-state index in [0.29, 0.717) is 24.2 Å². The first-order valence-corrected chi connectivity index (χ1v) is 6.95. The molecule has 0 aliphatic rings. The predicted octanol–water partition coefficient (Wildman–Crippen LogP) is 4.57. The Hall–Kier alpha value is -1.33. The fourth-order valence-electron chi connectivity index (χ4n) is 2.11. The fraction of sp³-hybridized carbons (Fsp3) is 0.200. The second-order valence-corrected chi connectivity index (χ2v) is 5.24. The summed E-state index contributed by atoms with van der Waals surface area (Å²) >= 11 is 3.33. The Bertz CT molecular complexity index is 593. The fourth-order valence-corrected chi connectivity index (χ4v) is 2.52. The van der Waals surface area contributed by atoms with Crippen LogP contribution in [0.3, 0.4) is 0 Å². The van der Waals surface area contributed by atoms with Gasteiger partial charge in [0.25, 0.3) is 0 Å². The zero-order valence-electron chi connectivity index (χ0n) is 10.8. The van der Waals surface area contributed by atoms with E-state index in [1.807, 2.05) is 13.0 Å². The molecule has 2 aromatic carbocycles. The molecule has 1 unspecified atom stereocenters. The zero-order chi connectivity index (χ0) is 14.7. The molecule has 1 N–H and O–H groups in total. The molecular formula is C15H13BrF3N. The van der Waals surface area contributed by atoms with Gasteiger partial charge in [0.1, 0.15) is 17.5 Å². The van der Waals surface area contributed by atoms with Crippen LogP contribution in [0.15, 0.2) is 40.9 Å². The minimum Gasteiger partial charge on any atom is -0.306 e. The van der Waals surface area contributed by atoms with E-state index < -0.39 is 23.5 Å². The molecule has 0 spiro atoms. The van der Waals surface area contributed by atoms with Gasteiger partial charge in [-0.3, -0.25) is 0 Å². The summed E-state index contributed by atoms with van der Waals surface area (Å²) < 4.78 is 41.7. The van der Waals surface area contributed by atoms with Crippen LogP contribution in [0.25, 0.3) is 0 Å². The van der Waals surface area contributed by atoms with Crippen molar-refractivity contribution in [1.29, 1.82) is 0 Å². The maximum Gasteiger partial charge on any atom is 0.134 e. The molecule has 0 heterocycles. The van der Waals surface area contributed by atoms with Crippen molar-refractivity contribution < 1.29 is 13.2 Å². The molecule has 0 saturated carbocycles. The lowest BCUT2D eigenvalue weighted by Gasteiger charge is -2.20.